The van der Waals surface area contributed by atoms with E-state index in [1.54, 1.807) is 6.07 Å². The van der Waals surface area contributed by atoms with Gasteiger partial charge in [0.2, 0.25) is 0 Å². The lowest BCUT2D eigenvalue weighted by Crippen LogP contribution is -2.31. The second-order valence-electron chi connectivity index (χ2n) is 10.1. The number of hydrazine groups is 1. The Morgan fingerprint density at radius 1 is 1.09 bits per heavy atom. The molecule has 1 fully saturated rings. The van der Waals surface area contributed by atoms with Crippen molar-refractivity contribution in [3.63, 3.8) is 0 Å². The zero-order valence-electron chi connectivity index (χ0n) is 23.9. The number of hydrogen-bond donors (Lipinski definition) is 3. The lowest BCUT2D eigenvalue weighted by atomic mass is 10.0. The topological polar surface area (TPSA) is 119 Å². The van der Waals surface area contributed by atoms with Gasteiger partial charge in [0, 0.05) is 30.1 Å². The highest BCUT2D eigenvalue weighted by Crippen LogP contribution is 2.39. The van der Waals surface area contributed by atoms with Crippen LogP contribution in [0.1, 0.15) is 46.3 Å². The minimum Gasteiger partial charge on any atom is -0.495 e. The average molecular weight is 619 g/mol. The van der Waals surface area contributed by atoms with Gasteiger partial charge in [-0.25, -0.2) is 5.84 Å². The normalized spacial score (nSPS) is 14.3. The second kappa shape index (κ2) is 14.0. The number of ether oxygens (including phenoxy) is 2. The van der Waals surface area contributed by atoms with Gasteiger partial charge in [0.05, 0.1) is 48.1 Å². The molecular formula is C30H34ClF3N6O3. The Morgan fingerprint density at radius 3 is 2.51 bits per heavy atom. The molecule has 0 unspecified atom stereocenters. The number of likely N-dealkylation sites (tertiary alicyclic amines) is 1. The molecule has 0 saturated carbocycles. The number of pyridine rings is 1. The van der Waals surface area contributed by atoms with Crippen molar-refractivity contribution in [2.45, 2.75) is 31.9 Å². The highest BCUT2D eigenvalue weighted by Gasteiger charge is 2.33. The van der Waals surface area contributed by atoms with E-state index in [1.807, 2.05) is 0 Å². The predicted molar refractivity (Wildman–Crippen MR) is 161 cm³/mol. The number of piperidine rings is 1. The fourth-order valence-corrected chi connectivity index (χ4v) is 5.08. The molecule has 1 saturated heterocycles. The first-order chi connectivity index (χ1) is 20.5. The standard InChI is InChI=1S/C30H34ClF3N6O3/c1-42-23-13-21(16-37-17-23)25(35)18-40(36)27-14-20(6-7-24(27)31)29(41)38-26-15-22(30(32,33)34)12-19(28(26)43-2)8-11-39-9-4-3-5-10-39/h6-7,12-18H,3-5,8-11,35-36H2,1-2H3,(H,38,41)/b25-18-. The molecule has 230 valence electrons. The van der Waals surface area contributed by atoms with E-state index < -0.39 is 17.6 Å². The summed E-state index contributed by atoms with van der Waals surface area (Å²) in [5.41, 5.74) is 6.67. The molecule has 13 heteroatoms. The SMILES string of the molecule is COc1cncc(/C(N)=C/N(N)c2cc(C(=O)Nc3cc(C(F)(F)F)cc(CCN4CCCCC4)c3OC)ccc2Cl)c1. The van der Waals surface area contributed by atoms with Crippen LogP contribution in [0.4, 0.5) is 24.5 Å². The highest BCUT2D eigenvalue weighted by molar-refractivity contribution is 6.33. The lowest BCUT2D eigenvalue weighted by molar-refractivity contribution is -0.137. The smallest absolute Gasteiger partial charge is 0.416 e. The van der Waals surface area contributed by atoms with Crippen molar-refractivity contribution in [2.24, 2.45) is 11.6 Å². The summed E-state index contributed by atoms with van der Waals surface area (Å²) in [6, 6.07) is 7.92. The molecule has 2 heterocycles. The van der Waals surface area contributed by atoms with Gasteiger partial charge in [0.1, 0.15) is 11.5 Å². The van der Waals surface area contributed by atoms with Crippen LogP contribution < -0.4 is 31.4 Å². The summed E-state index contributed by atoms with van der Waals surface area (Å²) in [6.45, 7) is 2.39. The molecule has 5 N–H and O–H groups in total. The van der Waals surface area contributed by atoms with E-state index in [0.717, 1.165) is 49.5 Å². The summed E-state index contributed by atoms with van der Waals surface area (Å²) in [5.74, 6) is 6.20. The highest BCUT2D eigenvalue weighted by atomic mass is 35.5. The zero-order chi connectivity index (χ0) is 31.1. The summed E-state index contributed by atoms with van der Waals surface area (Å²) in [4.78, 5) is 19.6. The van der Waals surface area contributed by atoms with Gasteiger partial charge < -0.3 is 25.4 Å². The fourth-order valence-electron chi connectivity index (χ4n) is 4.86. The molecule has 1 aromatic heterocycles. The number of anilines is 2. The zero-order valence-corrected chi connectivity index (χ0v) is 24.6. The van der Waals surface area contributed by atoms with Crippen molar-refractivity contribution in [3.8, 4) is 11.5 Å². The number of alkyl halides is 3. The van der Waals surface area contributed by atoms with Crippen LogP contribution in [0.5, 0.6) is 11.5 Å². The van der Waals surface area contributed by atoms with E-state index in [4.69, 9.17) is 32.7 Å². The van der Waals surface area contributed by atoms with Crippen molar-refractivity contribution >= 4 is 34.6 Å². The third kappa shape index (κ3) is 8.09. The van der Waals surface area contributed by atoms with Crippen LogP contribution in [0.3, 0.4) is 0 Å². The van der Waals surface area contributed by atoms with Crippen LogP contribution in [0.2, 0.25) is 5.02 Å². The molecule has 3 aromatic rings. The molecule has 1 aliphatic rings. The summed E-state index contributed by atoms with van der Waals surface area (Å²) >= 11 is 6.37. The summed E-state index contributed by atoms with van der Waals surface area (Å²) in [7, 11) is 2.86. The van der Waals surface area contributed by atoms with Crippen LogP contribution >= 0.6 is 11.6 Å². The van der Waals surface area contributed by atoms with E-state index in [1.165, 1.54) is 51.0 Å². The quantitative estimate of drug-likeness (QED) is 0.196. The Bertz CT molecular complexity index is 1480. The summed E-state index contributed by atoms with van der Waals surface area (Å²) in [5, 5.41) is 3.94. The number of methoxy groups -OCH3 is 2. The van der Waals surface area contributed by atoms with E-state index >= 15 is 0 Å². The number of benzene rings is 2. The molecule has 4 rings (SSSR count). The third-order valence-corrected chi connectivity index (χ3v) is 7.46. The minimum absolute atomic E-state index is 0.0910. The van der Waals surface area contributed by atoms with E-state index in [0.29, 0.717) is 29.8 Å². The van der Waals surface area contributed by atoms with Gasteiger partial charge in [0.15, 0.2) is 0 Å². The number of aromatic nitrogens is 1. The Hall–Kier alpha value is -4.00. The van der Waals surface area contributed by atoms with Gasteiger partial charge in [-0.05, 0) is 74.3 Å². The average Bonchev–Trinajstić information content (AvgIpc) is 2.99. The molecule has 9 nitrogen and oxygen atoms in total. The van der Waals surface area contributed by atoms with Crippen LogP contribution in [-0.4, -0.2) is 49.6 Å². The molecule has 2 aromatic carbocycles. The molecule has 1 amide bonds. The van der Waals surface area contributed by atoms with Crippen molar-refractivity contribution in [3.05, 3.63) is 82.3 Å². The lowest BCUT2D eigenvalue weighted by Gasteiger charge is -2.27. The largest absolute Gasteiger partial charge is 0.495 e. The number of hydrogen-bond acceptors (Lipinski definition) is 8. The van der Waals surface area contributed by atoms with Gasteiger partial charge in [-0.3, -0.25) is 14.8 Å². The van der Waals surface area contributed by atoms with E-state index in [9.17, 15) is 18.0 Å². The molecule has 0 atom stereocenters. The first-order valence-corrected chi connectivity index (χ1v) is 14.0. The number of nitrogens with zero attached hydrogens (tertiary/aromatic N) is 3. The van der Waals surface area contributed by atoms with Crippen molar-refractivity contribution in [1.29, 1.82) is 0 Å². The number of nitrogens with one attached hydrogen (secondary N) is 1. The Labute approximate surface area is 253 Å². The number of nitrogens with two attached hydrogens (primary N) is 2. The van der Waals surface area contributed by atoms with Gasteiger partial charge in [-0.2, -0.15) is 13.2 Å². The molecular weight excluding hydrogens is 585 g/mol. The minimum atomic E-state index is -4.62. The third-order valence-electron chi connectivity index (χ3n) is 7.14. The number of amides is 1. The maximum absolute atomic E-state index is 13.9. The number of halogens is 4. The van der Waals surface area contributed by atoms with E-state index in [2.05, 4.69) is 15.2 Å². The maximum Gasteiger partial charge on any atom is 0.416 e. The van der Waals surface area contributed by atoms with Crippen LogP contribution in [0.15, 0.2) is 55.0 Å². The second-order valence-corrected chi connectivity index (χ2v) is 10.5. The van der Waals surface area contributed by atoms with Crippen LogP contribution in [0, 0.1) is 0 Å². The van der Waals surface area contributed by atoms with Gasteiger partial charge in [-0.1, -0.05) is 18.0 Å². The number of carbonyl (C=O) groups is 1. The Balaban J connectivity index is 1.60. The molecule has 0 spiro atoms. The van der Waals surface area contributed by atoms with Crippen molar-refractivity contribution in [1.82, 2.24) is 9.88 Å². The fraction of sp³-hybridized carbons (Fsp3) is 0.333. The maximum atomic E-state index is 13.9. The first-order valence-electron chi connectivity index (χ1n) is 13.6. The number of carbonyl (C=O) groups excluding carboxylic acids is 1. The molecule has 0 radical (unpaired) electrons. The Kier molecular flexibility index (Phi) is 10.4. The monoisotopic (exact) mass is 618 g/mol. The van der Waals surface area contributed by atoms with Crippen LogP contribution in [0.25, 0.3) is 5.70 Å². The number of rotatable bonds is 10. The van der Waals surface area contributed by atoms with Crippen LogP contribution in [-0.2, 0) is 12.6 Å². The van der Waals surface area contributed by atoms with E-state index in [-0.39, 0.29) is 33.4 Å². The molecule has 0 aliphatic carbocycles. The summed E-state index contributed by atoms with van der Waals surface area (Å²) < 4.78 is 52.3. The molecule has 43 heavy (non-hydrogen) atoms. The van der Waals surface area contributed by atoms with Gasteiger partial charge >= 0.3 is 6.18 Å². The Morgan fingerprint density at radius 2 is 1.84 bits per heavy atom. The molecule has 1 aliphatic heterocycles. The van der Waals surface area contributed by atoms with Gasteiger partial charge in [-0.15, -0.1) is 0 Å². The molecule has 0 bridgehead atoms. The summed E-state index contributed by atoms with van der Waals surface area (Å²) in [6.07, 6.45) is 3.42. The van der Waals surface area contributed by atoms with Crippen molar-refractivity contribution in [2.75, 3.05) is 44.2 Å². The van der Waals surface area contributed by atoms with Gasteiger partial charge in [0.25, 0.3) is 5.91 Å². The predicted octanol–water partition coefficient (Wildman–Crippen LogP) is 5.69. The van der Waals surface area contributed by atoms with Crippen molar-refractivity contribution < 1.29 is 27.4 Å². The first kappa shape index (κ1) is 31.9.